The third kappa shape index (κ3) is 6.72. The van der Waals surface area contributed by atoms with E-state index in [4.69, 9.17) is 19.0 Å². The predicted octanol–water partition coefficient (Wildman–Crippen LogP) is -0.810. The highest BCUT2D eigenvalue weighted by atomic mass is 16.7. The molecule has 2 amide bonds. The molecule has 186 valence electrons. The van der Waals surface area contributed by atoms with E-state index in [0.29, 0.717) is 38.1 Å². The molecule has 12 nitrogen and oxygen atoms in total. The Bertz CT molecular complexity index is 964. The van der Waals surface area contributed by atoms with Gasteiger partial charge < -0.3 is 19.0 Å². The van der Waals surface area contributed by atoms with Gasteiger partial charge in [0.25, 0.3) is 11.8 Å². The number of carbonyl (C=O) groups is 3. The molecule has 1 aliphatic heterocycles. The van der Waals surface area contributed by atoms with Crippen LogP contribution in [0.3, 0.4) is 0 Å². The van der Waals surface area contributed by atoms with Gasteiger partial charge >= 0.3 is 17.6 Å². The van der Waals surface area contributed by atoms with E-state index in [1.54, 1.807) is 0 Å². The molecule has 0 saturated carbocycles. The Labute approximate surface area is 198 Å². The number of imidazole rings is 2. The van der Waals surface area contributed by atoms with Crippen LogP contribution in [0, 0.1) is 0 Å². The Morgan fingerprint density at radius 1 is 0.853 bits per heavy atom. The average molecular weight is 480 g/mol. The molecule has 0 aromatic carbocycles. The Morgan fingerprint density at radius 3 is 2.03 bits per heavy atom. The van der Waals surface area contributed by atoms with Crippen molar-refractivity contribution in [3.8, 4) is 11.6 Å². The maximum absolute atomic E-state index is 11.6. The van der Waals surface area contributed by atoms with Crippen molar-refractivity contribution in [3.63, 3.8) is 0 Å². The number of hydrogen-bond acceptors (Lipinski definition) is 7. The van der Waals surface area contributed by atoms with Gasteiger partial charge in [0.2, 0.25) is 0 Å². The molecule has 1 aliphatic rings. The lowest BCUT2D eigenvalue weighted by Crippen LogP contribution is -2.38. The van der Waals surface area contributed by atoms with E-state index in [2.05, 4.69) is 18.3 Å². The third-order valence-corrected chi connectivity index (χ3v) is 5.33. The van der Waals surface area contributed by atoms with Crippen LogP contribution in [-0.4, -0.2) is 71.6 Å². The van der Waals surface area contributed by atoms with Crippen molar-refractivity contribution in [1.29, 1.82) is 0 Å². The average Bonchev–Trinajstić information content (AvgIpc) is 3.44. The van der Waals surface area contributed by atoms with E-state index in [9.17, 15) is 14.4 Å². The maximum atomic E-state index is 11.6. The molecule has 3 rings (SSSR count). The Balaban J connectivity index is 1.21. The van der Waals surface area contributed by atoms with Crippen LogP contribution in [-0.2, 0) is 61.1 Å². The van der Waals surface area contributed by atoms with Gasteiger partial charge in [-0.15, -0.1) is 5.06 Å². The molecule has 34 heavy (non-hydrogen) atoms. The highest BCUT2D eigenvalue weighted by Crippen LogP contribution is 2.13. The van der Waals surface area contributed by atoms with E-state index in [1.165, 1.54) is 0 Å². The van der Waals surface area contributed by atoms with Crippen LogP contribution in [0.1, 0.15) is 19.3 Å². The molecule has 0 spiro atoms. The van der Waals surface area contributed by atoms with E-state index in [1.807, 2.05) is 45.9 Å². The molecule has 0 atom stereocenters. The smallest absolute Gasteiger partial charge is 0.373 e. The van der Waals surface area contributed by atoms with Gasteiger partial charge in [0.05, 0.1) is 67.2 Å². The summed E-state index contributed by atoms with van der Waals surface area (Å²) in [4.78, 5) is 39.2. The lowest BCUT2D eigenvalue weighted by Gasteiger charge is -2.12. The SMILES string of the molecule is Cn1cc[n+](C)c1-c1n(CCOCCOCCOCCC(=O)ON2C(=O)CCC2=O)cc[n+]1C. The first-order chi connectivity index (χ1) is 16.4. The minimum absolute atomic E-state index is 0.0555. The first-order valence-electron chi connectivity index (χ1n) is 11.2. The van der Waals surface area contributed by atoms with Gasteiger partial charge in [-0.2, -0.15) is 0 Å². The summed E-state index contributed by atoms with van der Waals surface area (Å²) in [5.74, 6) is 0.515. The molecule has 1 saturated heterocycles. The second kappa shape index (κ2) is 12.4. The predicted molar refractivity (Wildman–Crippen MR) is 115 cm³/mol. The van der Waals surface area contributed by atoms with Crippen molar-refractivity contribution in [3.05, 3.63) is 24.8 Å². The zero-order valence-corrected chi connectivity index (χ0v) is 20.0. The fraction of sp³-hybridized carbons (Fsp3) is 0.591. The molecule has 0 unspecified atom stereocenters. The number of hydrogen-bond donors (Lipinski definition) is 0. The van der Waals surface area contributed by atoms with Crippen molar-refractivity contribution in [2.75, 3.05) is 39.6 Å². The Hall–Kier alpha value is -3.09. The maximum Gasteiger partial charge on any atom is 0.373 e. The first-order valence-corrected chi connectivity index (χ1v) is 11.2. The van der Waals surface area contributed by atoms with Crippen LogP contribution >= 0.6 is 0 Å². The van der Waals surface area contributed by atoms with Crippen molar-refractivity contribution in [2.45, 2.75) is 25.8 Å². The topological polar surface area (TPSA) is 109 Å². The Morgan fingerprint density at radius 2 is 1.41 bits per heavy atom. The number of ether oxygens (including phenoxy) is 3. The second-order valence-electron chi connectivity index (χ2n) is 7.90. The normalized spacial score (nSPS) is 13.8. The van der Waals surface area contributed by atoms with Gasteiger partial charge in [0, 0.05) is 12.8 Å². The molecule has 3 heterocycles. The summed E-state index contributed by atoms with van der Waals surface area (Å²) in [6, 6.07) is 0. The van der Waals surface area contributed by atoms with Gasteiger partial charge in [0.1, 0.15) is 31.3 Å². The van der Waals surface area contributed by atoms with Crippen molar-refractivity contribution in [1.82, 2.24) is 14.2 Å². The summed E-state index contributed by atoms with van der Waals surface area (Å²) in [6.45, 7) is 2.96. The molecule has 2 aromatic rings. The van der Waals surface area contributed by atoms with Crippen LogP contribution in [0.15, 0.2) is 24.8 Å². The molecule has 1 fully saturated rings. The zero-order chi connectivity index (χ0) is 24.5. The largest absolute Gasteiger partial charge is 0.378 e. The fourth-order valence-electron chi connectivity index (χ4n) is 3.56. The fourth-order valence-corrected chi connectivity index (χ4v) is 3.56. The van der Waals surface area contributed by atoms with Crippen LogP contribution in [0.5, 0.6) is 0 Å². The molecule has 0 aliphatic carbocycles. The van der Waals surface area contributed by atoms with Gasteiger partial charge in [0.15, 0.2) is 0 Å². The third-order valence-electron chi connectivity index (χ3n) is 5.33. The van der Waals surface area contributed by atoms with Crippen LogP contribution < -0.4 is 9.13 Å². The molecule has 0 N–H and O–H groups in total. The number of aryl methyl sites for hydroxylation is 3. The van der Waals surface area contributed by atoms with Crippen LogP contribution in [0.4, 0.5) is 0 Å². The molecule has 0 radical (unpaired) electrons. The van der Waals surface area contributed by atoms with Crippen LogP contribution in [0.2, 0.25) is 0 Å². The summed E-state index contributed by atoms with van der Waals surface area (Å²) in [5.41, 5.74) is 0. The summed E-state index contributed by atoms with van der Waals surface area (Å²) >= 11 is 0. The van der Waals surface area contributed by atoms with Gasteiger partial charge in [-0.3, -0.25) is 9.59 Å². The van der Waals surface area contributed by atoms with Gasteiger partial charge in [-0.05, 0) is 0 Å². The molecular weight excluding hydrogens is 446 g/mol. The lowest BCUT2D eigenvalue weighted by molar-refractivity contribution is -0.690. The van der Waals surface area contributed by atoms with E-state index < -0.39 is 17.8 Å². The van der Waals surface area contributed by atoms with Crippen LogP contribution in [0.25, 0.3) is 11.6 Å². The summed E-state index contributed by atoms with van der Waals surface area (Å²) in [5, 5.41) is 0.532. The van der Waals surface area contributed by atoms with E-state index >= 15 is 0 Å². The summed E-state index contributed by atoms with van der Waals surface area (Å²) < 4.78 is 24.9. The Kier molecular flexibility index (Phi) is 9.31. The van der Waals surface area contributed by atoms with Crippen molar-refractivity contribution >= 4 is 17.8 Å². The number of rotatable bonds is 14. The quantitative estimate of drug-likeness (QED) is 0.198. The highest BCUT2D eigenvalue weighted by molar-refractivity contribution is 6.01. The molecule has 0 bridgehead atoms. The lowest BCUT2D eigenvalue weighted by atomic mass is 10.4. The molecule has 12 heteroatoms. The minimum atomic E-state index is -0.682. The number of imide groups is 1. The van der Waals surface area contributed by atoms with Crippen molar-refractivity contribution < 1.29 is 42.6 Å². The number of nitrogens with zero attached hydrogens (tertiary/aromatic N) is 5. The monoisotopic (exact) mass is 479 g/mol. The number of amides is 2. The number of aromatic nitrogens is 4. The second-order valence-corrected chi connectivity index (χ2v) is 7.90. The van der Waals surface area contributed by atoms with Gasteiger partial charge in [-0.1, -0.05) is 0 Å². The molecule has 2 aromatic heterocycles. The van der Waals surface area contributed by atoms with Crippen molar-refractivity contribution in [2.24, 2.45) is 21.1 Å². The zero-order valence-electron chi connectivity index (χ0n) is 20.0. The standard InChI is InChI=1S/C22H33N5O7/c1-23-7-8-24(2)21(23)22-25(3)9-10-26(22)11-13-32-15-17-33-16-14-31-12-6-20(30)34-27-18(28)4-5-19(27)29/h7-10H,4-6,11-17H2,1-3H3/q+2. The highest BCUT2D eigenvalue weighted by Gasteiger charge is 2.32. The minimum Gasteiger partial charge on any atom is -0.378 e. The summed E-state index contributed by atoms with van der Waals surface area (Å²) in [7, 11) is 6.07. The van der Waals surface area contributed by atoms with Gasteiger partial charge in [-0.25, -0.2) is 23.1 Å². The number of carbonyl (C=O) groups excluding carboxylic acids is 3. The van der Waals surface area contributed by atoms with E-state index in [-0.39, 0.29) is 25.9 Å². The van der Waals surface area contributed by atoms with E-state index in [0.717, 1.165) is 18.2 Å². The molecular formula is C22H33N5O7+2. The first kappa shape index (κ1) is 25.5. The number of hydroxylamine groups is 2. The summed E-state index contributed by atoms with van der Waals surface area (Å²) in [6.07, 6.45) is 8.20.